The SMILES string of the molecule is CNc1nc(Cc2cc(C)ccc2OC)co1. The summed E-state index contributed by atoms with van der Waals surface area (Å²) in [6.45, 7) is 2.06. The quantitative estimate of drug-likeness (QED) is 0.880. The van der Waals surface area contributed by atoms with Crippen molar-refractivity contribution in [1.29, 1.82) is 0 Å². The summed E-state index contributed by atoms with van der Waals surface area (Å²) in [4.78, 5) is 4.30. The highest BCUT2D eigenvalue weighted by Gasteiger charge is 2.08. The Morgan fingerprint density at radius 2 is 2.24 bits per heavy atom. The number of rotatable bonds is 4. The molecule has 0 radical (unpaired) electrons. The van der Waals surface area contributed by atoms with Gasteiger partial charge in [0.05, 0.1) is 12.8 Å². The van der Waals surface area contributed by atoms with Crippen LogP contribution in [0, 0.1) is 6.92 Å². The molecule has 1 aromatic heterocycles. The van der Waals surface area contributed by atoms with E-state index >= 15 is 0 Å². The molecular weight excluding hydrogens is 216 g/mol. The van der Waals surface area contributed by atoms with Crippen LogP contribution >= 0.6 is 0 Å². The molecule has 1 aromatic carbocycles. The van der Waals surface area contributed by atoms with Crippen LogP contribution in [0.2, 0.25) is 0 Å². The second kappa shape index (κ2) is 4.91. The Bertz CT molecular complexity index is 506. The fourth-order valence-electron chi connectivity index (χ4n) is 1.74. The largest absolute Gasteiger partial charge is 0.496 e. The minimum Gasteiger partial charge on any atom is -0.496 e. The first-order valence-corrected chi connectivity index (χ1v) is 5.48. The van der Waals surface area contributed by atoms with E-state index in [4.69, 9.17) is 9.15 Å². The number of aryl methyl sites for hydroxylation is 1. The topological polar surface area (TPSA) is 47.3 Å². The maximum atomic E-state index is 5.33. The summed E-state index contributed by atoms with van der Waals surface area (Å²) in [5.74, 6) is 0.879. The van der Waals surface area contributed by atoms with Crippen LogP contribution in [0.3, 0.4) is 0 Å². The molecule has 4 nitrogen and oxygen atoms in total. The van der Waals surface area contributed by atoms with Crippen LogP contribution in [0.25, 0.3) is 0 Å². The number of methoxy groups -OCH3 is 1. The Hall–Kier alpha value is -1.97. The van der Waals surface area contributed by atoms with Gasteiger partial charge in [0.1, 0.15) is 12.0 Å². The molecule has 0 atom stereocenters. The van der Waals surface area contributed by atoms with Crippen molar-refractivity contribution in [2.75, 3.05) is 19.5 Å². The average molecular weight is 232 g/mol. The number of anilines is 1. The third-order valence-corrected chi connectivity index (χ3v) is 2.57. The van der Waals surface area contributed by atoms with E-state index in [0.29, 0.717) is 12.4 Å². The van der Waals surface area contributed by atoms with Gasteiger partial charge < -0.3 is 14.5 Å². The number of oxazole rings is 1. The molecule has 0 spiro atoms. The van der Waals surface area contributed by atoms with Crippen LogP contribution in [0.1, 0.15) is 16.8 Å². The van der Waals surface area contributed by atoms with Crippen LogP contribution in [0.5, 0.6) is 5.75 Å². The number of ether oxygens (including phenoxy) is 1. The molecule has 0 saturated heterocycles. The third-order valence-electron chi connectivity index (χ3n) is 2.57. The lowest BCUT2D eigenvalue weighted by Crippen LogP contribution is -1.95. The minimum absolute atomic E-state index is 0.534. The molecule has 0 aliphatic rings. The second-order valence-corrected chi connectivity index (χ2v) is 3.89. The molecular formula is C13H16N2O2. The lowest BCUT2D eigenvalue weighted by Gasteiger charge is -2.07. The first kappa shape index (κ1) is 11.5. The average Bonchev–Trinajstić information content (AvgIpc) is 2.77. The van der Waals surface area contributed by atoms with E-state index in [-0.39, 0.29) is 0 Å². The van der Waals surface area contributed by atoms with Crippen molar-refractivity contribution in [3.63, 3.8) is 0 Å². The van der Waals surface area contributed by atoms with Gasteiger partial charge in [-0.2, -0.15) is 4.98 Å². The molecule has 0 aliphatic heterocycles. The Labute approximate surface area is 101 Å². The van der Waals surface area contributed by atoms with Crippen LogP contribution < -0.4 is 10.1 Å². The van der Waals surface area contributed by atoms with Gasteiger partial charge in [-0.25, -0.2) is 0 Å². The van der Waals surface area contributed by atoms with Crippen molar-refractivity contribution in [3.05, 3.63) is 41.3 Å². The summed E-state index contributed by atoms with van der Waals surface area (Å²) in [5.41, 5.74) is 3.21. The lowest BCUT2D eigenvalue weighted by atomic mass is 10.1. The maximum Gasteiger partial charge on any atom is 0.294 e. The second-order valence-electron chi connectivity index (χ2n) is 3.89. The Morgan fingerprint density at radius 3 is 2.88 bits per heavy atom. The van der Waals surface area contributed by atoms with Gasteiger partial charge in [0.15, 0.2) is 0 Å². The highest BCUT2D eigenvalue weighted by molar-refractivity contribution is 5.39. The normalized spacial score (nSPS) is 10.3. The number of hydrogen-bond donors (Lipinski definition) is 1. The smallest absolute Gasteiger partial charge is 0.294 e. The van der Waals surface area contributed by atoms with Crippen molar-refractivity contribution in [1.82, 2.24) is 4.98 Å². The van der Waals surface area contributed by atoms with E-state index < -0.39 is 0 Å². The van der Waals surface area contributed by atoms with E-state index in [1.807, 2.05) is 12.1 Å². The van der Waals surface area contributed by atoms with Crippen molar-refractivity contribution >= 4 is 6.01 Å². The van der Waals surface area contributed by atoms with Crippen molar-refractivity contribution in [2.45, 2.75) is 13.3 Å². The van der Waals surface area contributed by atoms with E-state index in [1.54, 1.807) is 20.4 Å². The number of nitrogens with zero attached hydrogens (tertiary/aromatic N) is 1. The Kier molecular flexibility index (Phi) is 3.32. The Balaban J connectivity index is 2.25. The number of aromatic nitrogens is 1. The van der Waals surface area contributed by atoms with Crippen molar-refractivity contribution in [2.24, 2.45) is 0 Å². The fraction of sp³-hybridized carbons (Fsp3) is 0.308. The zero-order valence-electron chi connectivity index (χ0n) is 10.3. The zero-order valence-corrected chi connectivity index (χ0v) is 10.3. The molecule has 1 heterocycles. The molecule has 90 valence electrons. The molecule has 1 N–H and O–H groups in total. The molecule has 0 unspecified atom stereocenters. The fourth-order valence-corrected chi connectivity index (χ4v) is 1.74. The number of hydrogen-bond acceptors (Lipinski definition) is 4. The zero-order chi connectivity index (χ0) is 12.3. The van der Waals surface area contributed by atoms with Gasteiger partial charge in [-0.05, 0) is 13.0 Å². The van der Waals surface area contributed by atoms with E-state index in [0.717, 1.165) is 17.0 Å². The molecule has 17 heavy (non-hydrogen) atoms. The summed E-state index contributed by atoms with van der Waals surface area (Å²) >= 11 is 0. The molecule has 2 rings (SSSR count). The molecule has 0 amide bonds. The highest BCUT2D eigenvalue weighted by Crippen LogP contribution is 2.23. The highest BCUT2D eigenvalue weighted by atomic mass is 16.5. The van der Waals surface area contributed by atoms with E-state index in [1.165, 1.54) is 5.56 Å². The van der Waals surface area contributed by atoms with Crippen LogP contribution in [-0.4, -0.2) is 19.1 Å². The number of nitrogens with one attached hydrogen (secondary N) is 1. The van der Waals surface area contributed by atoms with E-state index in [2.05, 4.69) is 23.3 Å². The Morgan fingerprint density at radius 1 is 1.41 bits per heavy atom. The summed E-state index contributed by atoms with van der Waals surface area (Å²) < 4.78 is 10.6. The summed E-state index contributed by atoms with van der Waals surface area (Å²) in [5, 5.41) is 2.86. The first-order chi connectivity index (χ1) is 8.22. The summed E-state index contributed by atoms with van der Waals surface area (Å²) in [6.07, 6.45) is 2.36. The van der Waals surface area contributed by atoms with Crippen molar-refractivity contribution < 1.29 is 9.15 Å². The third kappa shape index (κ3) is 2.58. The van der Waals surface area contributed by atoms with Gasteiger partial charge in [-0.15, -0.1) is 0 Å². The predicted octanol–water partition coefficient (Wildman–Crippen LogP) is 2.62. The monoisotopic (exact) mass is 232 g/mol. The molecule has 0 saturated carbocycles. The van der Waals surface area contributed by atoms with Crippen molar-refractivity contribution in [3.8, 4) is 5.75 Å². The van der Waals surface area contributed by atoms with Crippen LogP contribution in [-0.2, 0) is 6.42 Å². The van der Waals surface area contributed by atoms with Gasteiger partial charge >= 0.3 is 0 Å². The summed E-state index contributed by atoms with van der Waals surface area (Å²) in [7, 11) is 3.46. The predicted molar refractivity (Wildman–Crippen MR) is 66.6 cm³/mol. The van der Waals surface area contributed by atoms with Gasteiger partial charge in [0, 0.05) is 19.0 Å². The standard InChI is InChI=1S/C13H16N2O2/c1-9-4-5-12(16-3)10(6-9)7-11-8-17-13(14-2)15-11/h4-6,8H,7H2,1-3H3,(H,14,15). The van der Waals surface area contributed by atoms with Gasteiger partial charge in [0.25, 0.3) is 6.01 Å². The molecule has 0 aliphatic carbocycles. The molecule has 2 aromatic rings. The molecule has 0 fully saturated rings. The van der Waals surface area contributed by atoms with Gasteiger partial charge in [0.2, 0.25) is 0 Å². The molecule has 4 heteroatoms. The first-order valence-electron chi connectivity index (χ1n) is 5.48. The lowest BCUT2D eigenvalue weighted by molar-refractivity contribution is 0.410. The maximum absolute atomic E-state index is 5.33. The number of benzene rings is 1. The van der Waals surface area contributed by atoms with Crippen LogP contribution in [0.15, 0.2) is 28.9 Å². The van der Waals surface area contributed by atoms with Gasteiger partial charge in [-0.3, -0.25) is 0 Å². The summed E-state index contributed by atoms with van der Waals surface area (Å²) in [6, 6.07) is 6.65. The molecule has 0 bridgehead atoms. The van der Waals surface area contributed by atoms with Crippen LogP contribution in [0.4, 0.5) is 6.01 Å². The van der Waals surface area contributed by atoms with E-state index in [9.17, 15) is 0 Å². The van der Waals surface area contributed by atoms with Gasteiger partial charge in [-0.1, -0.05) is 17.7 Å². The minimum atomic E-state index is 0.534.